The molecule has 0 aromatic heterocycles. The van der Waals surface area contributed by atoms with Crippen molar-refractivity contribution in [2.24, 2.45) is 10.9 Å². The van der Waals surface area contributed by atoms with Gasteiger partial charge in [0.15, 0.2) is 5.90 Å². The number of carbonyl (C=O) groups excluding carboxylic acids is 1. The van der Waals surface area contributed by atoms with Crippen molar-refractivity contribution in [2.45, 2.75) is 19.8 Å². The van der Waals surface area contributed by atoms with Crippen LogP contribution in [0.1, 0.15) is 19.8 Å². The van der Waals surface area contributed by atoms with Crippen LogP contribution in [0.2, 0.25) is 0 Å². The summed E-state index contributed by atoms with van der Waals surface area (Å²) in [7, 11) is 1.54. The van der Waals surface area contributed by atoms with Gasteiger partial charge in [0.1, 0.15) is 5.92 Å². The summed E-state index contributed by atoms with van der Waals surface area (Å²) in [6.45, 7) is 2.95. The molecule has 0 saturated heterocycles. The predicted octanol–water partition coefficient (Wildman–Crippen LogP) is 1.00. The lowest BCUT2D eigenvalue weighted by molar-refractivity contribution is -0.146. The maximum absolute atomic E-state index is 11.4. The minimum atomic E-state index is -0.279. The van der Waals surface area contributed by atoms with E-state index in [4.69, 9.17) is 9.47 Å². The molecule has 0 spiro atoms. The lowest BCUT2D eigenvalue weighted by atomic mass is 10.0. The smallest absolute Gasteiger partial charge is 0.318 e. The molecule has 13 heavy (non-hydrogen) atoms. The Labute approximate surface area is 77.9 Å². The summed E-state index contributed by atoms with van der Waals surface area (Å²) in [6, 6.07) is 0. The molecule has 1 aliphatic rings. The molecule has 1 heterocycles. The molecule has 0 aromatic rings. The zero-order valence-corrected chi connectivity index (χ0v) is 8.08. The third kappa shape index (κ3) is 2.44. The van der Waals surface area contributed by atoms with Crippen LogP contribution >= 0.6 is 0 Å². The van der Waals surface area contributed by atoms with Gasteiger partial charge in [-0.3, -0.25) is 9.79 Å². The van der Waals surface area contributed by atoms with E-state index >= 15 is 0 Å². The van der Waals surface area contributed by atoms with E-state index in [0.29, 0.717) is 12.5 Å². The number of rotatable bonds is 2. The fourth-order valence-corrected chi connectivity index (χ4v) is 1.39. The summed E-state index contributed by atoms with van der Waals surface area (Å²) in [5.74, 6) is 0.0196. The van der Waals surface area contributed by atoms with Crippen molar-refractivity contribution in [2.75, 3.05) is 20.3 Å². The summed E-state index contributed by atoms with van der Waals surface area (Å²) in [6.07, 6.45) is 1.71. The Morgan fingerprint density at radius 3 is 3.08 bits per heavy atom. The molecular weight excluding hydrogens is 170 g/mol. The fourth-order valence-electron chi connectivity index (χ4n) is 1.39. The van der Waals surface area contributed by atoms with Crippen molar-refractivity contribution in [1.29, 1.82) is 0 Å². The zero-order chi connectivity index (χ0) is 9.68. The number of ether oxygens (including phenoxy) is 2. The molecule has 4 nitrogen and oxygen atoms in total. The number of nitrogens with zero attached hydrogens (tertiary/aromatic N) is 1. The third-order valence-corrected chi connectivity index (χ3v) is 2.00. The van der Waals surface area contributed by atoms with E-state index in [9.17, 15) is 4.79 Å². The van der Waals surface area contributed by atoms with Gasteiger partial charge in [-0.1, -0.05) is 0 Å². The van der Waals surface area contributed by atoms with Crippen LogP contribution in [0.4, 0.5) is 0 Å². The van der Waals surface area contributed by atoms with Gasteiger partial charge in [0.2, 0.25) is 0 Å². The van der Waals surface area contributed by atoms with Crippen molar-refractivity contribution >= 4 is 11.9 Å². The predicted molar refractivity (Wildman–Crippen MR) is 48.7 cm³/mol. The summed E-state index contributed by atoms with van der Waals surface area (Å²) >= 11 is 0. The Balaban J connectivity index is 2.60. The van der Waals surface area contributed by atoms with E-state index in [1.165, 1.54) is 7.11 Å². The Morgan fingerprint density at radius 1 is 1.69 bits per heavy atom. The number of hydrogen-bond acceptors (Lipinski definition) is 4. The Morgan fingerprint density at radius 2 is 2.46 bits per heavy atom. The van der Waals surface area contributed by atoms with Crippen LogP contribution < -0.4 is 0 Å². The van der Waals surface area contributed by atoms with Gasteiger partial charge in [-0.05, 0) is 19.8 Å². The first-order valence-electron chi connectivity index (χ1n) is 4.54. The van der Waals surface area contributed by atoms with E-state index in [0.717, 1.165) is 19.4 Å². The Bertz CT molecular complexity index is 213. The van der Waals surface area contributed by atoms with Crippen molar-refractivity contribution < 1.29 is 14.3 Å². The molecule has 0 amide bonds. The van der Waals surface area contributed by atoms with E-state index < -0.39 is 0 Å². The van der Waals surface area contributed by atoms with Crippen molar-refractivity contribution in [3.63, 3.8) is 0 Å². The summed E-state index contributed by atoms with van der Waals surface area (Å²) < 4.78 is 9.93. The number of methoxy groups -OCH3 is 1. The van der Waals surface area contributed by atoms with Gasteiger partial charge < -0.3 is 9.47 Å². The zero-order valence-electron chi connectivity index (χ0n) is 8.08. The first-order valence-corrected chi connectivity index (χ1v) is 4.54. The van der Waals surface area contributed by atoms with Crippen LogP contribution in [0, 0.1) is 5.92 Å². The number of carbonyl (C=O) groups is 1. The summed E-state index contributed by atoms with van der Waals surface area (Å²) in [4.78, 5) is 15.5. The Hall–Kier alpha value is -1.06. The standard InChI is InChI=1S/C9H15NO3/c1-3-13-9(11)7-5-4-6-10-8(7)12-2/h7H,3-6H2,1-2H3/t7-/m1/s1. The van der Waals surface area contributed by atoms with E-state index in [2.05, 4.69) is 4.99 Å². The SMILES string of the molecule is CCOC(=O)[C@@H]1CCCN=C1OC. The van der Waals surface area contributed by atoms with Crippen LogP contribution in [0.15, 0.2) is 4.99 Å². The van der Waals surface area contributed by atoms with E-state index in [1.54, 1.807) is 6.92 Å². The molecular formula is C9H15NO3. The second kappa shape index (κ2) is 4.84. The number of aliphatic imine (C=N–C) groups is 1. The molecule has 0 saturated carbocycles. The van der Waals surface area contributed by atoms with Crippen molar-refractivity contribution in [1.82, 2.24) is 0 Å². The molecule has 1 aliphatic heterocycles. The maximum atomic E-state index is 11.4. The largest absolute Gasteiger partial charge is 0.484 e. The second-order valence-electron chi connectivity index (χ2n) is 2.87. The van der Waals surface area contributed by atoms with Crippen LogP contribution in [0.3, 0.4) is 0 Å². The maximum Gasteiger partial charge on any atom is 0.318 e. The van der Waals surface area contributed by atoms with Crippen molar-refractivity contribution in [3.8, 4) is 0 Å². The number of esters is 1. The lowest BCUT2D eigenvalue weighted by Crippen LogP contribution is -2.30. The molecule has 1 atom stereocenters. The average Bonchev–Trinajstić information content (AvgIpc) is 2.18. The first-order chi connectivity index (χ1) is 6.29. The van der Waals surface area contributed by atoms with Gasteiger partial charge in [-0.25, -0.2) is 0 Å². The molecule has 4 heteroatoms. The highest BCUT2D eigenvalue weighted by atomic mass is 16.5. The van der Waals surface area contributed by atoms with Crippen LogP contribution in [-0.2, 0) is 14.3 Å². The van der Waals surface area contributed by atoms with Gasteiger partial charge >= 0.3 is 5.97 Å². The molecule has 1 rings (SSSR count). The summed E-state index contributed by atoms with van der Waals surface area (Å²) in [5, 5.41) is 0. The molecule has 0 radical (unpaired) electrons. The third-order valence-electron chi connectivity index (χ3n) is 2.00. The molecule has 74 valence electrons. The molecule has 0 unspecified atom stereocenters. The van der Waals surface area contributed by atoms with Gasteiger partial charge in [-0.2, -0.15) is 0 Å². The van der Waals surface area contributed by atoms with Gasteiger partial charge in [-0.15, -0.1) is 0 Å². The minimum Gasteiger partial charge on any atom is -0.484 e. The van der Waals surface area contributed by atoms with Gasteiger partial charge in [0.25, 0.3) is 0 Å². The highest BCUT2D eigenvalue weighted by Gasteiger charge is 2.28. The van der Waals surface area contributed by atoms with E-state index in [-0.39, 0.29) is 11.9 Å². The highest BCUT2D eigenvalue weighted by Crippen LogP contribution is 2.16. The number of hydrogen-bond donors (Lipinski definition) is 0. The van der Waals surface area contributed by atoms with Crippen LogP contribution in [0.5, 0.6) is 0 Å². The highest BCUT2D eigenvalue weighted by molar-refractivity contribution is 5.98. The average molecular weight is 185 g/mol. The minimum absolute atomic E-state index is 0.220. The monoisotopic (exact) mass is 185 g/mol. The van der Waals surface area contributed by atoms with Gasteiger partial charge in [0.05, 0.1) is 13.7 Å². The molecule has 0 fully saturated rings. The molecule has 0 aliphatic carbocycles. The topological polar surface area (TPSA) is 47.9 Å². The second-order valence-corrected chi connectivity index (χ2v) is 2.87. The Kier molecular flexibility index (Phi) is 3.73. The normalized spacial score (nSPS) is 22.0. The summed E-state index contributed by atoms with van der Waals surface area (Å²) in [5.41, 5.74) is 0. The van der Waals surface area contributed by atoms with Crippen LogP contribution in [-0.4, -0.2) is 32.1 Å². The lowest BCUT2D eigenvalue weighted by Gasteiger charge is -2.19. The quantitative estimate of drug-likeness (QED) is 0.603. The molecule has 0 bridgehead atoms. The first kappa shape index (κ1) is 10.0. The van der Waals surface area contributed by atoms with E-state index in [1.807, 2.05) is 0 Å². The van der Waals surface area contributed by atoms with Crippen LogP contribution in [0.25, 0.3) is 0 Å². The molecule has 0 N–H and O–H groups in total. The van der Waals surface area contributed by atoms with Crippen molar-refractivity contribution in [3.05, 3.63) is 0 Å². The fraction of sp³-hybridized carbons (Fsp3) is 0.778. The molecule has 0 aromatic carbocycles. The van der Waals surface area contributed by atoms with Gasteiger partial charge in [0, 0.05) is 6.54 Å².